The van der Waals surface area contributed by atoms with E-state index in [1.54, 1.807) is 36.4 Å². The fraction of sp³-hybridized carbons (Fsp3) is 0. The summed E-state index contributed by atoms with van der Waals surface area (Å²) in [5.74, 6) is -0.386. The molecule has 2 rings (SSSR count). The van der Waals surface area contributed by atoms with Crippen LogP contribution in [-0.2, 0) is 0 Å². The predicted octanol–water partition coefficient (Wildman–Crippen LogP) is 4.02. The number of nitriles is 1. The second kappa shape index (κ2) is 4.34. The second-order valence-corrected chi connectivity index (χ2v) is 3.70. The van der Waals surface area contributed by atoms with Gasteiger partial charge < -0.3 is 0 Å². The minimum atomic E-state index is -0.386. The van der Waals surface area contributed by atoms with Crippen LogP contribution in [0.2, 0.25) is 5.02 Å². The molecule has 0 unspecified atom stereocenters. The normalized spacial score (nSPS) is 9.81. The molecule has 1 nitrogen and oxygen atoms in total. The van der Waals surface area contributed by atoms with Gasteiger partial charge in [0.25, 0.3) is 0 Å². The molecule has 78 valence electrons. The average molecular weight is 232 g/mol. The monoisotopic (exact) mass is 231 g/mol. The summed E-state index contributed by atoms with van der Waals surface area (Å²) < 4.78 is 13.6. The Labute approximate surface area is 97.7 Å². The van der Waals surface area contributed by atoms with Crippen LogP contribution in [0.3, 0.4) is 0 Å². The van der Waals surface area contributed by atoms with E-state index in [2.05, 4.69) is 0 Å². The molecule has 0 saturated carbocycles. The van der Waals surface area contributed by atoms with E-state index >= 15 is 0 Å². The Morgan fingerprint density at radius 2 is 1.88 bits per heavy atom. The first-order chi connectivity index (χ1) is 7.72. The van der Waals surface area contributed by atoms with Crippen LogP contribution in [0.25, 0.3) is 11.1 Å². The summed E-state index contributed by atoms with van der Waals surface area (Å²) in [7, 11) is 0. The molecule has 0 amide bonds. The zero-order valence-electron chi connectivity index (χ0n) is 8.24. The van der Waals surface area contributed by atoms with Gasteiger partial charge in [0.15, 0.2) is 0 Å². The van der Waals surface area contributed by atoms with Gasteiger partial charge >= 0.3 is 0 Å². The van der Waals surface area contributed by atoms with Gasteiger partial charge in [-0.1, -0.05) is 29.8 Å². The van der Waals surface area contributed by atoms with E-state index in [1.807, 2.05) is 6.07 Å². The molecule has 3 heteroatoms. The summed E-state index contributed by atoms with van der Waals surface area (Å²) in [5.41, 5.74) is 1.43. The van der Waals surface area contributed by atoms with Crippen LogP contribution in [-0.4, -0.2) is 0 Å². The lowest BCUT2D eigenvalue weighted by atomic mass is 10.0. The molecule has 0 aliphatic heterocycles. The lowest BCUT2D eigenvalue weighted by Crippen LogP contribution is -1.86. The number of rotatable bonds is 1. The Balaban J connectivity index is 2.64. The van der Waals surface area contributed by atoms with Crippen molar-refractivity contribution in [3.05, 3.63) is 58.9 Å². The van der Waals surface area contributed by atoms with Crippen LogP contribution < -0.4 is 0 Å². The molecule has 0 atom stereocenters. The minimum Gasteiger partial charge on any atom is -0.206 e. The highest BCUT2D eigenvalue weighted by molar-refractivity contribution is 6.33. The molecule has 0 spiro atoms. The van der Waals surface area contributed by atoms with Gasteiger partial charge in [0.1, 0.15) is 5.82 Å². The van der Waals surface area contributed by atoms with E-state index in [9.17, 15) is 4.39 Å². The maximum Gasteiger partial charge on any atom is 0.132 e. The average Bonchev–Trinajstić information content (AvgIpc) is 2.29. The molecular weight excluding hydrogens is 225 g/mol. The van der Waals surface area contributed by atoms with E-state index in [4.69, 9.17) is 16.9 Å². The number of halogens is 2. The molecule has 0 heterocycles. The molecule has 0 aliphatic rings. The van der Waals surface area contributed by atoms with Crippen molar-refractivity contribution < 1.29 is 4.39 Å². The van der Waals surface area contributed by atoms with Gasteiger partial charge in [-0.05, 0) is 29.8 Å². The second-order valence-electron chi connectivity index (χ2n) is 3.29. The predicted molar refractivity (Wildman–Crippen MR) is 61.6 cm³/mol. The standard InChI is InChI=1S/C13H7ClFN/c14-11-5-2-6-12(15)13(11)10-4-1-3-9(7-10)8-16/h1-7H. The van der Waals surface area contributed by atoms with Gasteiger partial charge in [-0.2, -0.15) is 5.26 Å². The fourth-order valence-electron chi connectivity index (χ4n) is 1.52. The number of nitrogens with zero attached hydrogens (tertiary/aromatic N) is 1. The first-order valence-electron chi connectivity index (χ1n) is 4.67. The van der Waals surface area contributed by atoms with E-state index < -0.39 is 0 Å². The van der Waals surface area contributed by atoms with Crippen LogP contribution in [0, 0.1) is 17.1 Å². The minimum absolute atomic E-state index is 0.335. The van der Waals surface area contributed by atoms with Crippen molar-refractivity contribution in [2.75, 3.05) is 0 Å². The SMILES string of the molecule is N#Cc1cccc(-c2c(F)cccc2Cl)c1. The molecule has 16 heavy (non-hydrogen) atoms. The first kappa shape index (κ1) is 10.7. The Bertz CT molecular complexity index is 552. The van der Waals surface area contributed by atoms with E-state index in [0.29, 0.717) is 21.7 Å². The molecule has 0 fully saturated rings. The summed E-state index contributed by atoms with van der Waals surface area (Å²) in [6, 6.07) is 13.2. The van der Waals surface area contributed by atoms with Gasteiger partial charge in [-0.15, -0.1) is 0 Å². The molecule has 0 saturated heterocycles. The maximum absolute atomic E-state index is 13.6. The number of benzene rings is 2. The van der Waals surface area contributed by atoms with E-state index in [0.717, 1.165) is 0 Å². The van der Waals surface area contributed by atoms with Crippen LogP contribution in [0.4, 0.5) is 4.39 Å². The Kier molecular flexibility index (Phi) is 2.89. The van der Waals surface area contributed by atoms with Crippen molar-refractivity contribution in [1.29, 1.82) is 5.26 Å². The zero-order valence-corrected chi connectivity index (χ0v) is 9.00. The van der Waals surface area contributed by atoms with Crippen LogP contribution >= 0.6 is 11.6 Å². The van der Waals surface area contributed by atoms with Gasteiger partial charge in [0.05, 0.1) is 16.7 Å². The van der Waals surface area contributed by atoms with Crippen molar-refractivity contribution in [1.82, 2.24) is 0 Å². The first-order valence-corrected chi connectivity index (χ1v) is 5.04. The topological polar surface area (TPSA) is 23.8 Å². The van der Waals surface area contributed by atoms with Crippen LogP contribution in [0.5, 0.6) is 0 Å². The van der Waals surface area contributed by atoms with E-state index in [-0.39, 0.29) is 5.82 Å². The third-order valence-electron chi connectivity index (χ3n) is 2.24. The maximum atomic E-state index is 13.6. The lowest BCUT2D eigenvalue weighted by Gasteiger charge is -2.05. The van der Waals surface area contributed by atoms with E-state index in [1.165, 1.54) is 6.07 Å². The highest BCUT2D eigenvalue weighted by atomic mass is 35.5. The molecule has 2 aromatic rings. The van der Waals surface area contributed by atoms with Crippen molar-refractivity contribution >= 4 is 11.6 Å². The molecule has 0 bridgehead atoms. The quantitative estimate of drug-likeness (QED) is 0.727. The highest BCUT2D eigenvalue weighted by Gasteiger charge is 2.09. The fourth-order valence-corrected chi connectivity index (χ4v) is 1.79. The van der Waals surface area contributed by atoms with Gasteiger partial charge in [0, 0.05) is 5.56 Å². The molecular formula is C13H7ClFN. The number of hydrogen-bond acceptors (Lipinski definition) is 1. The number of hydrogen-bond donors (Lipinski definition) is 0. The summed E-state index contributed by atoms with van der Waals surface area (Å²) in [6.07, 6.45) is 0. The highest BCUT2D eigenvalue weighted by Crippen LogP contribution is 2.30. The van der Waals surface area contributed by atoms with Gasteiger partial charge in [-0.25, -0.2) is 4.39 Å². The van der Waals surface area contributed by atoms with Gasteiger partial charge in [-0.3, -0.25) is 0 Å². The molecule has 0 aliphatic carbocycles. The Hall–Kier alpha value is -1.85. The van der Waals surface area contributed by atoms with Crippen molar-refractivity contribution in [2.45, 2.75) is 0 Å². The molecule has 0 N–H and O–H groups in total. The summed E-state index contributed by atoms with van der Waals surface area (Å²) in [5, 5.41) is 9.11. The molecule has 2 aromatic carbocycles. The largest absolute Gasteiger partial charge is 0.206 e. The van der Waals surface area contributed by atoms with Crippen molar-refractivity contribution in [3.8, 4) is 17.2 Å². The lowest BCUT2D eigenvalue weighted by molar-refractivity contribution is 0.631. The summed E-state index contributed by atoms with van der Waals surface area (Å²) in [6.45, 7) is 0. The molecule has 0 aromatic heterocycles. The smallest absolute Gasteiger partial charge is 0.132 e. The third-order valence-corrected chi connectivity index (χ3v) is 2.56. The summed E-state index contributed by atoms with van der Waals surface area (Å²) in [4.78, 5) is 0. The van der Waals surface area contributed by atoms with Crippen molar-refractivity contribution in [3.63, 3.8) is 0 Å². The Morgan fingerprint density at radius 1 is 1.12 bits per heavy atom. The van der Waals surface area contributed by atoms with Crippen LogP contribution in [0.15, 0.2) is 42.5 Å². The van der Waals surface area contributed by atoms with Gasteiger partial charge in [0.2, 0.25) is 0 Å². The van der Waals surface area contributed by atoms with Crippen molar-refractivity contribution in [2.24, 2.45) is 0 Å². The van der Waals surface area contributed by atoms with Crippen LogP contribution in [0.1, 0.15) is 5.56 Å². The third kappa shape index (κ3) is 1.91. The molecule has 0 radical (unpaired) electrons. The summed E-state index contributed by atoms with van der Waals surface area (Å²) >= 11 is 5.94. The Morgan fingerprint density at radius 3 is 2.56 bits per heavy atom. The zero-order chi connectivity index (χ0) is 11.5.